The molecule has 1 aliphatic heterocycles. The molecule has 3 aromatic rings. The quantitative estimate of drug-likeness (QED) is 0.527. The monoisotopic (exact) mass is 481 g/mol. The maximum Gasteiger partial charge on any atom is 0.313 e. The Balaban J connectivity index is 1.39. The average molecular weight is 482 g/mol. The lowest BCUT2D eigenvalue weighted by molar-refractivity contribution is -0.136. The van der Waals surface area contributed by atoms with E-state index in [4.69, 9.17) is 11.6 Å². The molecule has 1 aromatic heterocycles. The van der Waals surface area contributed by atoms with E-state index >= 15 is 0 Å². The molecule has 1 saturated heterocycles. The van der Waals surface area contributed by atoms with E-state index in [-0.39, 0.29) is 18.4 Å². The van der Waals surface area contributed by atoms with Gasteiger partial charge in [-0.15, -0.1) is 0 Å². The smallest absolute Gasteiger partial charge is 0.313 e. The summed E-state index contributed by atoms with van der Waals surface area (Å²) in [7, 11) is 0. The van der Waals surface area contributed by atoms with Crippen molar-refractivity contribution < 1.29 is 14.0 Å². The molecule has 2 aromatic carbocycles. The summed E-state index contributed by atoms with van der Waals surface area (Å²) in [6.07, 6.45) is 3.45. The summed E-state index contributed by atoms with van der Waals surface area (Å²) in [6.45, 7) is 2.85. The first-order valence-electron chi connectivity index (χ1n) is 11.0. The lowest BCUT2D eigenvalue weighted by Crippen LogP contribution is -2.50. The summed E-state index contributed by atoms with van der Waals surface area (Å²) in [5.74, 6) is -1.72. The third-order valence-electron chi connectivity index (χ3n) is 5.78. The molecule has 2 amide bonds. The number of para-hydroxylation sites is 1. The number of amides is 2. The van der Waals surface area contributed by atoms with Crippen LogP contribution in [-0.4, -0.2) is 54.4 Å². The van der Waals surface area contributed by atoms with Gasteiger partial charge in [-0.3, -0.25) is 19.5 Å². The SMILES string of the molecule is O=C(NC[C@H](c1cccnc1)N1CCN(c2ccccc2F)CC1)C(=O)Nc1ccc(Cl)cc1. The number of pyridine rings is 1. The molecule has 34 heavy (non-hydrogen) atoms. The Hall–Kier alpha value is -3.49. The molecule has 0 unspecified atom stereocenters. The van der Waals surface area contributed by atoms with Crippen molar-refractivity contribution >= 4 is 34.8 Å². The molecule has 0 bridgehead atoms. The first-order chi connectivity index (χ1) is 16.5. The molecule has 1 fully saturated rings. The number of aromatic nitrogens is 1. The van der Waals surface area contributed by atoms with Crippen LogP contribution in [0, 0.1) is 5.82 Å². The fraction of sp³-hybridized carbons (Fsp3) is 0.240. The minimum atomic E-state index is -0.753. The Morgan fingerprint density at radius 3 is 2.38 bits per heavy atom. The van der Waals surface area contributed by atoms with Gasteiger partial charge < -0.3 is 15.5 Å². The Morgan fingerprint density at radius 2 is 1.71 bits per heavy atom. The summed E-state index contributed by atoms with van der Waals surface area (Å²) in [4.78, 5) is 33.2. The van der Waals surface area contributed by atoms with Gasteiger partial charge >= 0.3 is 11.8 Å². The molecule has 1 aliphatic rings. The fourth-order valence-corrected chi connectivity index (χ4v) is 4.13. The van der Waals surface area contributed by atoms with Crippen LogP contribution in [0.1, 0.15) is 11.6 Å². The number of halogens is 2. The number of carbonyl (C=O) groups is 2. The van der Waals surface area contributed by atoms with Gasteiger partial charge in [-0.25, -0.2) is 4.39 Å². The molecule has 0 spiro atoms. The van der Waals surface area contributed by atoms with Crippen LogP contribution in [0.15, 0.2) is 73.1 Å². The number of anilines is 2. The third-order valence-corrected chi connectivity index (χ3v) is 6.03. The first kappa shape index (κ1) is 23.7. The fourth-order valence-electron chi connectivity index (χ4n) is 4.00. The predicted molar refractivity (Wildman–Crippen MR) is 130 cm³/mol. The maximum absolute atomic E-state index is 14.2. The molecule has 7 nitrogen and oxygen atoms in total. The van der Waals surface area contributed by atoms with Crippen molar-refractivity contribution in [1.29, 1.82) is 0 Å². The molecule has 0 radical (unpaired) electrons. The van der Waals surface area contributed by atoms with Crippen LogP contribution in [0.25, 0.3) is 0 Å². The molecular formula is C25H25ClFN5O2. The highest BCUT2D eigenvalue weighted by Gasteiger charge is 2.27. The van der Waals surface area contributed by atoms with E-state index in [1.54, 1.807) is 48.8 Å². The highest BCUT2D eigenvalue weighted by Crippen LogP contribution is 2.25. The first-order valence-corrected chi connectivity index (χ1v) is 11.4. The van der Waals surface area contributed by atoms with Crippen molar-refractivity contribution in [3.8, 4) is 0 Å². The lowest BCUT2D eigenvalue weighted by atomic mass is 10.1. The number of nitrogens with zero attached hydrogens (tertiary/aromatic N) is 3. The van der Waals surface area contributed by atoms with E-state index in [2.05, 4.69) is 20.5 Å². The number of nitrogens with one attached hydrogen (secondary N) is 2. The van der Waals surface area contributed by atoms with Crippen LogP contribution in [0.5, 0.6) is 0 Å². The Kier molecular flexibility index (Phi) is 7.72. The van der Waals surface area contributed by atoms with Gasteiger partial charge in [-0.2, -0.15) is 0 Å². The van der Waals surface area contributed by atoms with Crippen molar-refractivity contribution in [2.24, 2.45) is 0 Å². The second kappa shape index (κ2) is 11.1. The third kappa shape index (κ3) is 5.89. The van der Waals surface area contributed by atoms with Gasteiger partial charge in [0.2, 0.25) is 0 Å². The van der Waals surface area contributed by atoms with Gasteiger partial charge in [0.15, 0.2) is 0 Å². The minimum absolute atomic E-state index is 0.177. The van der Waals surface area contributed by atoms with E-state index in [0.717, 1.165) is 5.56 Å². The van der Waals surface area contributed by atoms with Crippen LogP contribution in [0.4, 0.5) is 15.8 Å². The second-order valence-corrected chi connectivity index (χ2v) is 8.38. The zero-order chi connectivity index (χ0) is 23.9. The predicted octanol–water partition coefficient (Wildman–Crippen LogP) is 3.49. The Labute approximate surface area is 202 Å². The topological polar surface area (TPSA) is 77.6 Å². The van der Waals surface area contributed by atoms with Gasteiger partial charge in [0, 0.05) is 55.8 Å². The molecule has 9 heteroatoms. The van der Waals surface area contributed by atoms with E-state index in [1.165, 1.54) is 6.07 Å². The summed E-state index contributed by atoms with van der Waals surface area (Å²) >= 11 is 5.86. The largest absolute Gasteiger partial charge is 0.367 e. The van der Waals surface area contributed by atoms with Crippen LogP contribution >= 0.6 is 11.6 Å². The normalized spacial score (nSPS) is 14.9. The summed E-state index contributed by atoms with van der Waals surface area (Å²) in [6, 6.07) is 16.9. The van der Waals surface area contributed by atoms with Crippen molar-refractivity contribution in [1.82, 2.24) is 15.2 Å². The van der Waals surface area contributed by atoms with Crippen molar-refractivity contribution in [2.45, 2.75) is 6.04 Å². The van der Waals surface area contributed by atoms with Crippen LogP contribution in [0.2, 0.25) is 5.02 Å². The van der Waals surface area contributed by atoms with E-state index in [9.17, 15) is 14.0 Å². The van der Waals surface area contributed by atoms with Crippen LogP contribution in [0.3, 0.4) is 0 Å². The van der Waals surface area contributed by atoms with Crippen LogP contribution in [-0.2, 0) is 9.59 Å². The van der Waals surface area contributed by atoms with Crippen molar-refractivity contribution in [3.63, 3.8) is 0 Å². The summed E-state index contributed by atoms with van der Waals surface area (Å²) in [5, 5.41) is 5.84. The zero-order valence-electron chi connectivity index (χ0n) is 18.5. The molecule has 1 atom stereocenters. The zero-order valence-corrected chi connectivity index (χ0v) is 19.2. The molecule has 4 rings (SSSR count). The summed E-state index contributed by atoms with van der Waals surface area (Å²) in [5.41, 5.74) is 2.00. The van der Waals surface area contributed by atoms with E-state index in [0.29, 0.717) is 42.6 Å². The molecule has 0 saturated carbocycles. The number of hydrogen-bond acceptors (Lipinski definition) is 5. The van der Waals surface area contributed by atoms with Crippen LogP contribution < -0.4 is 15.5 Å². The highest BCUT2D eigenvalue weighted by molar-refractivity contribution is 6.39. The second-order valence-electron chi connectivity index (χ2n) is 7.95. The number of carbonyl (C=O) groups excluding carboxylic acids is 2. The molecule has 0 aliphatic carbocycles. The lowest BCUT2D eigenvalue weighted by Gasteiger charge is -2.40. The number of rotatable bonds is 6. The highest BCUT2D eigenvalue weighted by atomic mass is 35.5. The number of hydrogen-bond donors (Lipinski definition) is 2. The van der Waals surface area contributed by atoms with Crippen molar-refractivity contribution in [2.75, 3.05) is 42.9 Å². The van der Waals surface area contributed by atoms with E-state index < -0.39 is 11.8 Å². The maximum atomic E-state index is 14.2. The van der Waals surface area contributed by atoms with Gasteiger partial charge in [0.05, 0.1) is 11.7 Å². The van der Waals surface area contributed by atoms with Gasteiger partial charge in [-0.05, 0) is 48.0 Å². The standard InChI is InChI=1S/C25H25ClFN5O2/c26-19-7-9-20(10-8-19)30-25(34)24(33)29-17-23(18-4-3-11-28-16-18)32-14-12-31(13-15-32)22-6-2-1-5-21(22)27/h1-11,16,23H,12-15,17H2,(H,29,33)(H,30,34)/t23-/m1/s1. The van der Waals surface area contributed by atoms with Gasteiger partial charge in [-0.1, -0.05) is 29.8 Å². The molecule has 2 N–H and O–H groups in total. The Morgan fingerprint density at radius 1 is 0.971 bits per heavy atom. The average Bonchev–Trinajstić information content (AvgIpc) is 2.87. The van der Waals surface area contributed by atoms with Gasteiger partial charge in [0.25, 0.3) is 0 Å². The summed E-state index contributed by atoms with van der Waals surface area (Å²) < 4.78 is 14.2. The van der Waals surface area contributed by atoms with Gasteiger partial charge in [0.1, 0.15) is 5.82 Å². The molecular weight excluding hydrogens is 457 g/mol. The molecule has 2 heterocycles. The molecule has 176 valence electrons. The minimum Gasteiger partial charge on any atom is -0.367 e. The van der Waals surface area contributed by atoms with Crippen molar-refractivity contribution in [3.05, 3.63) is 89.5 Å². The number of benzene rings is 2. The van der Waals surface area contributed by atoms with E-state index in [1.807, 2.05) is 23.1 Å². The Bertz CT molecular complexity index is 1120. The number of piperazine rings is 1.